The Labute approximate surface area is 153 Å². The largest absolute Gasteiger partial charge is 0.489 e. The molecule has 0 atom stereocenters. The molecule has 0 aliphatic rings. The Morgan fingerprint density at radius 2 is 1.65 bits per heavy atom. The molecule has 3 aromatic rings. The first-order valence-electron chi connectivity index (χ1n) is 8.56. The van der Waals surface area contributed by atoms with Gasteiger partial charge in [-0.3, -0.25) is 4.79 Å². The molecule has 3 aromatic carbocycles. The maximum absolute atomic E-state index is 12.1. The Bertz CT molecular complexity index is 863. The van der Waals surface area contributed by atoms with Crippen LogP contribution in [0.25, 0.3) is 0 Å². The smallest absolute Gasteiger partial charge is 0.243 e. The van der Waals surface area contributed by atoms with E-state index in [2.05, 4.69) is 10.6 Å². The number of aryl methyl sites for hydroxylation is 1. The van der Waals surface area contributed by atoms with Gasteiger partial charge in [-0.1, -0.05) is 48.5 Å². The summed E-state index contributed by atoms with van der Waals surface area (Å²) in [6.45, 7) is 2.72. The number of hydrogen-bond donors (Lipinski definition) is 2. The Morgan fingerprint density at radius 3 is 2.46 bits per heavy atom. The molecule has 4 nitrogen and oxygen atoms in total. The van der Waals surface area contributed by atoms with Gasteiger partial charge in [0, 0.05) is 17.4 Å². The van der Waals surface area contributed by atoms with E-state index in [4.69, 9.17) is 4.74 Å². The fraction of sp³-hybridized carbons (Fsp3) is 0.136. The second-order valence-corrected chi connectivity index (χ2v) is 6.07. The first-order valence-corrected chi connectivity index (χ1v) is 8.56. The highest BCUT2D eigenvalue weighted by atomic mass is 16.5. The van der Waals surface area contributed by atoms with Gasteiger partial charge in [-0.25, -0.2) is 0 Å². The van der Waals surface area contributed by atoms with Crippen LogP contribution in [0.1, 0.15) is 11.1 Å². The van der Waals surface area contributed by atoms with Crippen molar-refractivity contribution >= 4 is 17.3 Å². The average Bonchev–Trinajstić information content (AvgIpc) is 2.66. The average molecular weight is 346 g/mol. The van der Waals surface area contributed by atoms with Gasteiger partial charge in [0.25, 0.3) is 0 Å². The number of amides is 1. The Morgan fingerprint density at radius 1 is 0.885 bits per heavy atom. The van der Waals surface area contributed by atoms with Crippen LogP contribution in [0.5, 0.6) is 5.75 Å². The lowest BCUT2D eigenvalue weighted by atomic mass is 10.2. The molecule has 0 saturated carbocycles. The van der Waals surface area contributed by atoms with Crippen molar-refractivity contribution in [3.63, 3.8) is 0 Å². The van der Waals surface area contributed by atoms with Crippen LogP contribution < -0.4 is 15.4 Å². The number of nitrogens with one attached hydrogen (secondary N) is 2. The van der Waals surface area contributed by atoms with E-state index in [0.29, 0.717) is 12.3 Å². The van der Waals surface area contributed by atoms with Crippen LogP contribution in [0, 0.1) is 6.92 Å². The van der Waals surface area contributed by atoms with Crippen molar-refractivity contribution in [2.75, 3.05) is 17.2 Å². The molecule has 0 radical (unpaired) electrons. The highest BCUT2D eigenvalue weighted by molar-refractivity contribution is 5.93. The molecule has 1 amide bonds. The number of carbonyl (C=O) groups is 1. The Kier molecular flexibility index (Phi) is 5.88. The third kappa shape index (κ3) is 5.38. The zero-order valence-corrected chi connectivity index (χ0v) is 14.7. The third-order valence-electron chi connectivity index (χ3n) is 3.84. The summed E-state index contributed by atoms with van der Waals surface area (Å²) in [5.41, 5.74) is 3.90. The number of hydrogen-bond acceptors (Lipinski definition) is 3. The molecular formula is C22H22N2O2. The lowest BCUT2D eigenvalue weighted by Gasteiger charge is -2.10. The quantitative estimate of drug-likeness (QED) is 0.656. The molecule has 0 aromatic heterocycles. The lowest BCUT2D eigenvalue weighted by Crippen LogP contribution is -2.21. The maximum Gasteiger partial charge on any atom is 0.243 e. The maximum atomic E-state index is 12.1. The van der Waals surface area contributed by atoms with E-state index in [1.807, 2.05) is 85.8 Å². The van der Waals surface area contributed by atoms with Gasteiger partial charge in [-0.05, 0) is 42.3 Å². The zero-order chi connectivity index (χ0) is 18.2. The normalized spacial score (nSPS) is 10.2. The van der Waals surface area contributed by atoms with Crippen molar-refractivity contribution in [1.29, 1.82) is 0 Å². The third-order valence-corrected chi connectivity index (χ3v) is 3.84. The summed E-state index contributed by atoms with van der Waals surface area (Å²) in [5, 5.41) is 6.01. The highest BCUT2D eigenvalue weighted by Crippen LogP contribution is 2.18. The second kappa shape index (κ2) is 8.72. The van der Waals surface area contributed by atoms with Gasteiger partial charge in [0.2, 0.25) is 5.91 Å². The number of rotatable bonds is 7. The van der Waals surface area contributed by atoms with Crippen LogP contribution in [0.4, 0.5) is 11.4 Å². The molecular weight excluding hydrogens is 324 g/mol. The van der Waals surface area contributed by atoms with Gasteiger partial charge < -0.3 is 15.4 Å². The molecule has 4 heteroatoms. The Hall–Kier alpha value is -3.27. The Balaban J connectivity index is 1.52. The molecule has 0 unspecified atom stereocenters. The SMILES string of the molecule is Cc1cccc(NCC(=O)Nc2cccc(OCc3ccccc3)c2)c1. The van der Waals surface area contributed by atoms with Crippen LogP contribution in [0.3, 0.4) is 0 Å². The molecule has 0 heterocycles. The standard InChI is InChI=1S/C22H22N2O2/c1-17-7-5-10-19(13-17)23-15-22(25)24-20-11-6-12-21(14-20)26-16-18-8-3-2-4-9-18/h2-14,23H,15-16H2,1H3,(H,24,25). The van der Waals surface area contributed by atoms with E-state index in [1.54, 1.807) is 0 Å². The van der Waals surface area contributed by atoms with E-state index < -0.39 is 0 Å². The minimum Gasteiger partial charge on any atom is -0.489 e. The molecule has 0 bridgehead atoms. The minimum absolute atomic E-state index is 0.105. The second-order valence-electron chi connectivity index (χ2n) is 6.07. The molecule has 0 saturated heterocycles. The summed E-state index contributed by atoms with van der Waals surface area (Å²) >= 11 is 0. The van der Waals surface area contributed by atoms with Crippen molar-refractivity contribution in [1.82, 2.24) is 0 Å². The summed E-state index contributed by atoms with van der Waals surface area (Å²) < 4.78 is 5.79. The molecule has 0 aliphatic carbocycles. The number of anilines is 2. The number of carbonyl (C=O) groups excluding carboxylic acids is 1. The van der Waals surface area contributed by atoms with Crippen LogP contribution in [0.15, 0.2) is 78.9 Å². The van der Waals surface area contributed by atoms with E-state index >= 15 is 0 Å². The van der Waals surface area contributed by atoms with E-state index in [9.17, 15) is 4.79 Å². The van der Waals surface area contributed by atoms with Gasteiger partial charge in [-0.15, -0.1) is 0 Å². The van der Waals surface area contributed by atoms with Gasteiger partial charge in [-0.2, -0.15) is 0 Å². The van der Waals surface area contributed by atoms with Crippen molar-refractivity contribution in [3.05, 3.63) is 90.0 Å². The summed E-state index contributed by atoms with van der Waals surface area (Å²) in [6.07, 6.45) is 0. The topological polar surface area (TPSA) is 50.4 Å². The predicted octanol–water partition coefficient (Wildman–Crippen LogP) is 4.62. The van der Waals surface area contributed by atoms with Crippen LogP contribution in [0.2, 0.25) is 0 Å². The zero-order valence-electron chi connectivity index (χ0n) is 14.7. The van der Waals surface area contributed by atoms with Gasteiger partial charge in [0.15, 0.2) is 0 Å². The van der Waals surface area contributed by atoms with E-state index in [-0.39, 0.29) is 12.5 Å². The van der Waals surface area contributed by atoms with E-state index in [0.717, 1.165) is 22.6 Å². The van der Waals surface area contributed by atoms with Gasteiger partial charge in [0.05, 0.1) is 6.54 Å². The summed E-state index contributed by atoms with van der Waals surface area (Å²) in [5.74, 6) is 0.616. The van der Waals surface area contributed by atoms with Crippen LogP contribution in [-0.2, 0) is 11.4 Å². The minimum atomic E-state index is -0.105. The molecule has 132 valence electrons. The molecule has 2 N–H and O–H groups in total. The molecule has 0 spiro atoms. The van der Waals surface area contributed by atoms with Gasteiger partial charge in [0.1, 0.15) is 12.4 Å². The number of ether oxygens (including phenoxy) is 1. The monoisotopic (exact) mass is 346 g/mol. The summed E-state index contributed by atoms with van der Waals surface area (Å²) in [6, 6.07) is 25.3. The first kappa shape index (κ1) is 17.5. The fourth-order valence-corrected chi connectivity index (χ4v) is 2.55. The fourth-order valence-electron chi connectivity index (χ4n) is 2.55. The van der Waals surface area contributed by atoms with Gasteiger partial charge >= 0.3 is 0 Å². The summed E-state index contributed by atoms with van der Waals surface area (Å²) in [7, 11) is 0. The first-order chi connectivity index (χ1) is 12.7. The van der Waals surface area contributed by atoms with Crippen molar-refractivity contribution in [3.8, 4) is 5.75 Å². The van der Waals surface area contributed by atoms with Crippen LogP contribution >= 0.6 is 0 Å². The highest BCUT2D eigenvalue weighted by Gasteiger charge is 2.04. The van der Waals surface area contributed by atoms with Crippen molar-refractivity contribution in [2.24, 2.45) is 0 Å². The van der Waals surface area contributed by atoms with Crippen molar-refractivity contribution in [2.45, 2.75) is 13.5 Å². The molecule has 0 fully saturated rings. The molecule has 26 heavy (non-hydrogen) atoms. The summed E-state index contributed by atoms with van der Waals surface area (Å²) in [4.78, 5) is 12.1. The lowest BCUT2D eigenvalue weighted by molar-refractivity contribution is -0.114. The van der Waals surface area contributed by atoms with E-state index in [1.165, 1.54) is 0 Å². The molecule has 3 rings (SSSR count). The molecule has 0 aliphatic heterocycles. The van der Waals surface area contributed by atoms with Crippen molar-refractivity contribution < 1.29 is 9.53 Å². The number of benzene rings is 3. The van der Waals surface area contributed by atoms with Crippen LogP contribution in [-0.4, -0.2) is 12.5 Å². The predicted molar refractivity (Wildman–Crippen MR) is 106 cm³/mol.